The maximum Gasteiger partial charge on any atom is 0.131 e. The third kappa shape index (κ3) is 4.40. The Morgan fingerprint density at radius 1 is 1.60 bits per heavy atom. The second kappa shape index (κ2) is 6.53. The summed E-state index contributed by atoms with van der Waals surface area (Å²) in [5.74, 6) is 1.85. The number of ether oxygens (including phenoxy) is 1. The summed E-state index contributed by atoms with van der Waals surface area (Å²) in [6.45, 7) is 3.55. The van der Waals surface area contributed by atoms with Gasteiger partial charge in [-0.15, -0.1) is 0 Å². The highest BCUT2D eigenvalue weighted by Gasteiger charge is 1.97. The molecule has 0 radical (unpaired) electrons. The second-order valence-electron chi connectivity index (χ2n) is 3.25. The monoisotopic (exact) mass is 227 g/mol. The van der Waals surface area contributed by atoms with Crippen LogP contribution in [0.25, 0.3) is 0 Å². The van der Waals surface area contributed by atoms with Gasteiger partial charge in [-0.3, -0.25) is 0 Å². The summed E-state index contributed by atoms with van der Waals surface area (Å²) in [4.78, 5) is 7.44. The van der Waals surface area contributed by atoms with Crippen LogP contribution >= 0.6 is 12.2 Å². The molecule has 0 amide bonds. The van der Waals surface area contributed by atoms with Gasteiger partial charge >= 0.3 is 0 Å². The zero-order chi connectivity index (χ0) is 11.1. The van der Waals surface area contributed by atoms with Crippen molar-refractivity contribution in [1.29, 1.82) is 0 Å². The van der Waals surface area contributed by atoms with Crippen LogP contribution in [0.4, 0.5) is 5.82 Å². The molecule has 0 saturated carbocycles. The van der Waals surface area contributed by atoms with Gasteiger partial charge in [-0.2, -0.15) is 0 Å². The van der Waals surface area contributed by atoms with Crippen LogP contribution < -0.4 is 5.32 Å². The van der Waals surface area contributed by atoms with Crippen LogP contribution in [0.5, 0.6) is 0 Å². The second-order valence-corrected chi connectivity index (χ2v) is 3.67. The predicted octanol–water partition coefficient (Wildman–Crippen LogP) is 2.15. The average Bonchev–Trinajstić information content (AvgIpc) is 2.18. The van der Waals surface area contributed by atoms with Crippen LogP contribution in [0.1, 0.15) is 19.2 Å². The number of nitrogens with one attached hydrogen (secondary N) is 2. The molecule has 1 heterocycles. The number of anilines is 1. The van der Waals surface area contributed by atoms with E-state index in [1.165, 1.54) is 0 Å². The number of methoxy groups -OCH3 is 1. The quantitative estimate of drug-likeness (QED) is 0.577. The summed E-state index contributed by atoms with van der Waals surface area (Å²) in [6.07, 6.45) is 1.98. The minimum Gasteiger partial charge on any atom is -0.383 e. The van der Waals surface area contributed by atoms with Crippen molar-refractivity contribution in [2.75, 3.05) is 25.6 Å². The third-order valence-electron chi connectivity index (χ3n) is 1.90. The molecule has 0 aliphatic carbocycles. The van der Waals surface area contributed by atoms with Gasteiger partial charge < -0.3 is 15.0 Å². The van der Waals surface area contributed by atoms with E-state index in [-0.39, 0.29) is 0 Å². The fourth-order valence-electron chi connectivity index (χ4n) is 1.25. The molecule has 0 fully saturated rings. The molecular formula is C10H17N3OS. The van der Waals surface area contributed by atoms with Crippen molar-refractivity contribution >= 4 is 18.0 Å². The highest BCUT2D eigenvalue weighted by molar-refractivity contribution is 7.71. The van der Waals surface area contributed by atoms with Gasteiger partial charge in [0.1, 0.15) is 16.3 Å². The molecule has 0 aromatic carbocycles. The summed E-state index contributed by atoms with van der Waals surface area (Å²) in [5, 5.41) is 3.20. The Morgan fingerprint density at radius 3 is 3.07 bits per heavy atom. The van der Waals surface area contributed by atoms with E-state index in [0.717, 1.165) is 31.0 Å². The van der Waals surface area contributed by atoms with E-state index in [2.05, 4.69) is 22.2 Å². The molecule has 0 aliphatic heterocycles. The van der Waals surface area contributed by atoms with Crippen LogP contribution in [0.15, 0.2) is 6.07 Å². The fraction of sp³-hybridized carbons (Fsp3) is 0.600. The first-order valence-electron chi connectivity index (χ1n) is 5.09. The lowest BCUT2D eigenvalue weighted by molar-refractivity contribution is 0.210. The van der Waals surface area contributed by atoms with Gasteiger partial charge in [-0.1, -0.05) is 19.1 Å². The van der Waals surface area contributed by atoms with E-state index in [4.69, 9.17) is 17.0 Å². The number of H-pyrrole nitrogens is 1. The van der Waals surface area contributed by atoms with Gasteiger partial charge in [0.2, 0.25) is 0 Å². The Kier molecular flexibility index (Phi) is 5.28. The number of aromatic nitrogens is 2. The molecule has 0 unspecified atom stereocenters. The van der Waals surface area contributed by atoms with E-state index >= 15 is 0 Å². The average molecular weight is 227 g/mol. The SMILES string of the molecule is CCCc1nc(=S)cc(NCCOC)[nH]1. The van der Waals surface area contributed by atoms with Crippen LogP contribution in [0.3, 0.4) is 0 Å². The van der Waals surface area contributed by atoms with Gasteiger partial charge in [-0.05, 0) is 6.42 Å². The van der Waals surface area contributed by atoms with E-state index in [1.807, 2.05) is 6.07 Å². The zero-order valence-corrected chi connectivity index (χ0v) is 9.99. The minimum absolute atomic E-state index is 0.622. The molecular weight excluding hydrogens is 210 g/mol. The first kappa shape index (κ1) is 12.1. The normalized spacial score (nSPS) is 10.3. The van der Waals surface area contributed by atoms with Crippen molar-refractivity contribution in [2.45, 2.75) is 19.8 Å². The van der Waals surface area contributed by atoms with Crippen LogP contribution in [-0.2, 0) is 11.2 Å². The van der Waals surface area contributed by atoms with Gasteiger partial charge in [0, 0.05) is 26.1 Å². The Hall–Kier alpha value is -0.940. The molecule has 1 rings (SSSR count). The summed E-state index contributed by atoms with van der Waals surface area (Å²) in [7, 11) is 1.68. The van der Waals surface area contributed by atoms with Crippen LogP contribution in [-0.4, -0.2) is 30.2 Å². The maximum atomic E-state index is 5.08. The Labute approximate surface area is 95.1 Å². The summed E-state index contributed by atoms with van der Waals surface area (Å²) >= 11 is 5.08. The van der Waals surface area contributed by atoms with Crippen LogP contribution in [0.2, 0.25) is 0 Å². The van der Waals surface area contributed by atoms with Gasteiger partial charge in [0.15, 0.2) is 0 Å². The van der Waals surface area contributed by atoms with Crippen molar-refractivity contribution in [2.24, 2.45) is 0 Å². The largest absolute Gasteiger partial charge is 0.383 e. The molecule has 5 heteroatoms. The number of nitrogens with zero attached hydrogens (tertiary/aromatic N) is 1. The fourth-order valence-corrected chi connectivity index (χ4v) is 1.47. The summed E-state index contributed by atoms with van der Waals surface area (Å²) in [5.41, 5.74) is 0. The first-order chi connectivity index (χ1) is 7.26. The van der Waals surface area contributed by atoms with Crippen molar-refractivity contribution in [1.82, 2.24) is 9.97 Å². The molecule has 2 N–H and O–H groups in total. The van der Waals surface area contributed by atoms with E-state index in [9.17, 15) is 0 Å². The molecule has 0 saturated heterocycles. The van der Waals surface area contributed by atoms with E-state index in [1.54, 1.807) is 7.11 Å². The lowest BCUT2D eigenvalue weighted by atomic mass is 10.3. The standard InChI is InChI=1S/C10H17N3OS/c1-3-4-8-12-9(7-10(15)13-8)11-5-6-14-2/h7H,3-6H2,1-2H3,(H2,11,12,13,15). The minimum atomic E-state index is 0.622. The smallest absolute Gasteiger partial charge is 0.131 e. The van der Waals surface area contributed by atoms with Crippen molar-refractivity contribution in [3.63, 3.8) is 0 Å². The Balaban J connectivity index is 2.66. The van der Waals surface area contributed by atoms with E-state index in [0.29, 0.717) is 11.2 Å². The number of hydrogen-bond acceptors (Lipinski definition) is 4. The predicted molar refractivity (Wildman–Crippen MR) is 63.8 cm³/mol. The third-order valence-corrected chi connectivity index (χ3v) is 2.11. The molecule has 15 heavy (non-hydrogen) atoms. The molecule has 1 aromatic heterocycles. The number of aryl methyl sites for hydroxylation is 1. The Bertz CT molecular complexity index is 351. The molecule has 0 atom stereocenters. The zero-order valence-electron chi connectivity index (χ0n) is 9.17. The van der Waals surface area contributed by atoms with Crippen molar-refractivity contribution < 1.29 is 4.74 Å². The molecule has 4 nitrogen and oxygen atoms in total. The topological polar surface area (TPSA) is 49.9 Å². The Morgan fingerprint density at radius 2 is 2.40 bits per heavy atom. The molecule has 1 aromatic rings. The van der Waals surface area contributed by atoms with Gasteiger partial charge in [-0.25, -0.2) is 4.98 Å². The highest BCUT2D eigenvalue weighted by Crippen LogP contribution is 2.04. The first-order valence-corrected chi connectivity index (χ1v) is 5.50. The summed E-state index contributed by atoms with van der Waals surface area (Å²) in [6, 6.07) is 1.82. The van der Waals surface area contributed by atoms with E-state index < -0.39 is 0 Å². The molecule has 0 spiro atoms. The van der Waals surface area contributed by atoms with Gasteiger partial charge in [0.25, 0.3) is 0 Å². The number of aromatic amines is 1. The molecule has 0 bridgehead atoms. The summed E-state index contributed by atoms with van der Waals surface area (Å²) < 4.78 is 5.58. The highest BCUT2D eigenvalue weighted by atomic mass is 32.1. The lowest BCUT2D eigenvalue weighted by Crippen LogP contribution is -2.10. The molecule has 0 aliphatic rings. The van der Waals surface area contributed by atoms with Crippen molar-refractivity contribution in [3.8, 4) is 0 Å². The molecule has 84 valence electrons. The maximum absolute atomic E-state index is 5.08. The van der Waals surface area contributed by atoms with Gasteiger partial charge in [0.05, 0.1) is 6.61 Å². The number of hydrogen-bond donors (Lipinski definition) is 2. The van der Waals surface area contributed by atoms with Crippen molar-refractivity contribution in [3.05, 3.63) is 16.5 Å². The van der Waals surface area contributed by atoms with Crippen LogP contribution in [0, 0.1) is 4.64 Å². The number of rotatable bonds is 6. The lowest BCUT2D eigenvalue weighted by Gasteiger charge is -2.07.